The van der Waals surface area contributed by atoms with Crippen molar-refractivity contribution in [2.75, 3.05) is 23.9 Å². The van der Waals surface area contributed by atoms with Gasteiger partial charge in [0.05, 0.1) is 12.8 Å². The normalized spacial score (nSPS) is 11.9. The second-order valence-corrected chi connectivity index (χ2v) is 5.89. The lowest BCUT2D eigenvalue weighted by Gasteiger charge is -2.11. The zero-order valence-electron chi connectivity index (χ0n) is 11.7. The quantitative estimate of drug-likeness (QED) is 0.754. The van der Waals surface area contributed by atoms with E-state index in [4.69, 9.17) is 10.5 Å². The van der Waals surface area contributed by atoms with Crippen molar-refractivity contribution in [1.82, 2.24) is 0 Å². The molecule has 19 heavy (non-hydrogen) atoms. The van der Waals surface area contributed by atoms with Crippen molar-refractivity contribution in [3.63, 3.8) is 0 Å². The Balaban J connectivity index is 2.48. The molecule has 0 aliphatic carbocycles. The van der Waals surface area contributed by atoms with Gasteiger partial charge in [-0.25, -0.2) is 0 Å². The topological polar surface area (TPSA) is 64.4 Å². The highest BCUT2D eigenvalue weighted by atomic mass is 32.2. The van der Waals surface area contributed by atoms with Gasteiger partial charge in [0.15, 0.2) is 0 Å². The molecule has 1 amide bonds. The van der Waals surface area contributed by atoms with Crippen LogP contribution in [-0.2, 0) is 4.79 Å². The van der Waals surface area contributed by atoms with Gasteiger partial charge in [0, 0.05) is 29.2 Å². The highest BCUT2D eigenvalue weighted by molar-refractivity contribution is 7.99. The molecule has 0 radical (unpaired) electrons. The van der Waals surface area contributed by atoms with Crippen LogP contribution in [0.3, 0.4) is 0 Å². The number of ether oxygens (including phenoxy) is 1. The van der Waals surface area contributed by atoms with Crippen LogP contribution in [0.15, 0.2) is 18.2 Å². The molecule has 3 N–H and O–H groups in total. The fraction of sp³-hybridized carbons (Fsp3) is 0.500. The molecule has 0 fully saturated rings. The third kappa shape index (κ3) is 5.42. The number of nitrogen functional groups attached to an aromatic ring is 1. The maximum Gasteiger partial charge on any atom is 0.225 e. The third-order valence-corrected chi connectivity index (χ3v) is 4.15. The molecule has 1 aromatic rings. The third-order valence-electron chi connectivity index (χ3n) is 2.81. The van der Waals surface area contributed by atoms with Gasteiger partial charge in [-0.3, -0.25) is 4.79 Å². The van der Waals surface area contributed by atoms with Gasteiger partial charge in [-0.2, -0.15) is 11.8 Å². The van der Waals surface area contributed by atoms with Crippen molar-refractivity contribution in [1.29, 1.82) is 0 Å². The number of nitrogens with two attached hydrogens (primary N) is 1. The van der Waals surface area contributed by atoms with E-state index in [1.165, 1.54) is 0 Å². The molecule has 0 aliphatic heterocycles. The van der Waals surface area contributed by atoms with Gasteiger partial charge in [0.25, 0.3) is 0 Å². The monoisotopic (exact) mass is 282 g/mol. The number of hydrogen-bond donors (Lipinski definition) is 2. The molecule has 0 spiro atoms. The minimum Gasteiger partial charge on any atom is -0.494 e. The summed E-state index contributed by atoms with van der Waals surface area (Å²) in [6.45, 7) is 4.32. The minimum atomic E-state index is -0.00104. The molecule has 0 aliphatic rings. The molecule has 1 atom stereocenters. The summed E-state index contributed by atoms with van der Waals surface area (Å²) in [7, 11) is 1.56. The smallest absolute Gasteiger partial charge is 0.225 e. The molecule has 1 unspecified atom stereocenters. The maximum absolute atomic E-state index is 11.8. The van der Waals surface area contributed by atoms with Crippen LogP contribution < -0.4 is 15.8 Å². The Morgan fingerprint density at radius 3 is 2.89 bits per heavy atom. The molecule has 4 nitrogen and oxygen atoms in total. The Hall–Kier alpha value is -1.36. The number of amides is 1. The van der Waals surface area contributed by atoms with Gasteiger partial charge >= 0.3 is 0 Å². The standard InChI is InChI=1S/C14H22N2O2S/c1-4-10(2)19-8-7-14(17)16-12-6-5-11(15)9-13(12)18-3/h5-6,9-10H,4,7-8,15H2,1-3H3,(H,16,17). The largest absolute Gasteiger partial charge is 0.494 e. The molecule has 5 heteroatoms. The van der Waals surface area contributed by atoms with Crippen molar-refractivity contribution in [3.8, 4) is 5.75 Å². The first-order valence-corrected chi connectivity index (χ1v) is 7.46. The first-order valence-electron chi connectivity index (χ1n) is 6.41. The summed E-state index contributed by atoms with van der Waals surface area (Å²) in [6.07, 6.45) is 1.63. The summed E-state index contributed by atoms with van der Waals surface area (Å²) < 4.78 is 5.19. The summed E-state index contributed by atoms with van der Waals surface area (Å²) in [5.74, 6) is 1.42. The molecule has 0 bridgehead atoms. The van der Waals surface area contributed by atoms with Gasteiger partial charge in [0.1, 0.15) is 5.75 Å². The molecule has 0 aromatic heterocycles. The number of carbonyl (C=O) groups excluding carboxylic acids is 1. The number of carbonyl (C=O) groups is 1. The van der Waals surface area contributed by atoms with Gasteiger partial charge in [-0.05, 0) is 18.6 Å². The fourth-order valence-electron chi connectivity index (χ4n) is 1.49. The average Bonchev–Trinajstić information content (AvgIpc) is 2.40. The Morgan fingerprint density at radius 2 is 2.26 bits per heavy atom. The molecular formula is C14H22N2O2S. The van der Waals surface area contributed by atoms with E-state index >= 15 is 0 Å². The second-order valence-electron chi connectivity index (χ2n) is 4.35. The molecule has 0 saturated heterocycles. The zero-order valence-corrected chi connectivity index (χ0v) is 12.5. The van der Waals surface area contributed by atoms with Gasteiger partial charge in [0.2, 0.25) is 5.91 Å². The lowest BCUT2D eigenvalue weighted by molar-refractivity contribution is -0.115. The molecule has 1 rings (SSSR count). The number of benzene rings is 1. The Kier molecular flexibility index (Phi) is 6.56. The van der Waals surface area contributed by atoms with Crippen LogP contribution in [-0.4, -0.2) is 24.0 Å². The van der Waals surface area contributed by atoms with E-state index in [2.05, 4.69) is 19.2 Å². The van der Waals surface area contributed by atoms with E-state index in [1.807, 2.05) is 11.8 Å². The average molecular weight is 282 g/mol. The van der Waals surface area contributed by atoms with Crippen LogP contribution >= 0.6 is 11.8 Å². The predicted molar refractivity (Wildman–Crippen MR) is 82.9 cm³/mol. The second kappa shape index (κ2) is 7.94. The van der Waals surface area contributed by atoms with E-state index in [0.29, 0.717) is 28.8 Å². The van der Waals surface area contributed by atoms with Crippen LogP contribution in [0.5, 0.6) is 5.75 Å². The summed E-state index contributed by atoms with van der Waals surface area (Å²) in [4.78, 5) is 11.8. The summed E-state index contributed by atoms with van der Waals surface area (Å²) in [6, 6.07) is 5.20. The highest BCUT2D eigenvalue weighted by Gasteiger charge is 2.08. The van der Waals surface area contributed by atoms with E-state index in [1.54, 1.807) is 25.3 Å². The number of nitrogens with one attached hydrogen (secondary N) is 1. The number of thioether (sulfide) groups is 1. The maximum atomic E-state index is 11.8. The Labute approximate surface area is 119 Å². The SMILES string of the molecule is CCC(C)SCCC(=O)Nc1ccc(N)cc1OC. The Morgan fingerprint density at radius 1 is 1.53 bits per heavy atom. The van der Waals surface area contributed by atoms with Gasteiger partial charge < -0.3 is 15.8 Å². The lowest BCUT2D eigenvalue weighted by atomic mass is 10.2. The molecule has 1 aromatic carbocycles. The van der Waals surface area contributed by atoms with Crippen LogP contribution in [0.25, 0.3) is 0 Å². The number of methoxy groups -OCH3 is 1. The summed E-state index contributed by atoms with van der Waals surface area (Å²) >= 11 is 1.82. The van der Waals surface area contributed by atoms with Crippen molar-refractivity contribution >= 4 is 29.0 Å². The number of anilines is 2. The highest BCUT2D eigenvalue weighted by Crippen LogP contribution is 2.26. The van der Waals surface area contributed by atoms with E-state index < -0.39 is 0 Å². The van der Waals surface area contributed by atoms with E-state index in [-0.39, 0.29) is 5.91 Å². The molecule has 0 heterocycles. The minimum absolute atomic E-state index is 0.00104. The first kappa shape index (κ1) is 15.7. The van der Waals surface area contributed by atoms with Crippen LogP contribution in [0, 0.1) is 0 Å². The zero-order chi connectivity index (χ0) is 14.3. The lowest BCUT2D eigenvalue weighted by Crippen LogP contribution is -2.13. The molecule has 0 saturated carbocycles. The number of rotatable bonds is 7. The van der Waals surface area contributed by atoms with Crippen LogP contribution in [0.2, 0.25) is 0 Å². The van der Waals surface area contributed by atoms with Gasteiger partial charge in [-0.15, -0.1) is 0 Å². The van der Waals surface area contributed by atoms with Crippen molar-refractivity contribution in [2.24, 2.45) is 0 Å². The first-order chi connectivity index (χ1) is 9.06. The van der Waals surface area contributed by atoms with E-state index in [9.17, 15) is 4.79 Å². The van der Waals surface area contributed by atoms with Gasteiger partial charge in [-0.1, -0.05) is 13.8 Å². The number of hydrogen-bond acceptors (Lipinski definition) is 4. The Bertz CT molecular complexity index is 424. The van der Waals surface area contributed by atoms with E-state index in [0.717, 1.165) is 12.2 Å². The fourth-order valence-corrected chi connectivity index (χ4v) is 2.44. The van der Waals surface area contributed by atoms with Crippen molar-refractivity contribution in [3.05, 3.63) is 18.2 Å². The van der Waals surface area contributed by atoms with Crippen molar-refractivity contribution < 1.29 is 9.53 Å². The summed E-state index contributed by atoms with van der Waals surface area (Å²) in [5, 5.41) is 3.44. The molecule has 106 valence electrons. The van der Waals surface area contributed by atoms with Crippen LogP contribution in [0.4, 0.5) is 11.4 Å². The van der Waals surface area contributed by atoms with Crippen molar-refractivity contribution in [2.45, 2.75) is 31.9 Å². The molecular weight excluding hydrogens is 260 g/mol. The predicted octanol–water partition coefficient (Wildman–Crippen LogP) is 3.14. The van der Waals surface area contributed by atoms with Crippen LogP contribution in [0.1, 0.15) is 26.7 Å². The summed E-state index contributed by atoms with van der Waals surface area (Å²) in [5.41, 5.74) is 6.94.